The molecule has 6 heteroatoms. The number of halogens is 2. The molecule has 2 aromatic rings. The number of carbonyl (C=O) groups is 1. The summed E-state index contributed by atoms with van der Waals surface area (Å²) in [5, 5.41) is 3.11. The van der Waals surface area contributed by atoms with Crippen LogP contribution in [0.1, 0.15) is 37.8 Å². The first kappa shape index (κ1) is 18.2. The van der Waals surface area contributed by atoms with Crippen LogP contribution in [0.25, 0.3) is 0 Å². The molecule has 0 spiro atoms. The van der Waals surface area contributed by atoms with E-state index in [-0.39, 0.29) is 11.5 Å². The van der Waals surface area contributed by atoms with Crippen LogP contribution in [-0.4, -0.2) is 19.6 Å². The Labute approximate surface area is 151 Å². The second-order valence-electron chi connectivity index (χ2n) is 6.39. The average Bonchev–Trinajstić information content (AvgIpc) is 2.62. The van der Waals surface area contributed by atoms with Gasteiger partial charge in [0.1, 0.15) is 17.4 Å². The van der Waals surface area contributed by atoms with E-state index in [2.05, 4.69) is 5.32 Å². The van der Waals surface area contributed by atoms with E-state index in [4.69, 9.17) is 4.74 Å². The van der Waals surface area contributed by atoms with Gasteiger partial charge < -0.3 is 15.0 Å². The molecular formula is C20H22F2N2O2. The van der Waals surface area contributed by atoms with Crippen molar-refractivity contribution in [1.29, 1.82) is 0 Å². The standard InChI is InChI=1S/C20H22F2N2O2/c1-13(20-15(21)6-5-7-16(20)22)23-14-9-10-18(26-2)17(12-14)24-11-4-3-8-19(24)25/h5-7,9-10,12-13,23H,3-4,8,11H2,1-2H3/t13-/m0/s1. The molecule has 3 rings (SSSR count). The summed E-state index contributed by atoms with van der Waals surface area (Å²) in [6.07, 6.45) is 2.33. The predicted octanol–water partition coefficient (Wildman–Crippen LogP) is 4.66. The third-order valence-corrected chi connectivity index (χ3v) is 4.61. The van der Waals surface area contributed by atoms with Crippen LogP contribution in [0.4, 0.5) is 20.2 Å². The molecule has 1 N–H and O–H groups in total. The van der Waals surface area contributed by atoms with E-state index in [0.717, 1.165) is 12.8 Å². The van der Waals surface area contributed by atoms with Crippen molar-refractivity contribution >= 4 is 17.3 Å². The molecular weight excluding hydrogens is 338 g/mol. The molecule has 1 atom stereocenters. The van der Waals surface area contributed by atoms with E-state index in [1.54, 1.807) is 37.1 Å². The van der Waals surface area contributed by atoms with Crippen molar-refractivity contribution in [3.63, 3.8) is 0 Å². The number of anilines is 2. The smallest absolute Gasteiger partial charge is 0.227 e. The van der Waals surface area contributed by atoms with E-state index < -0.39 is 17.7 Å². The Morgan fingerprint density at radius 2 is 1.88 bits per heavy atom. The maximum Gasteiger partial charge on any atom is 0.227 e. The molecule has 1 aliphatic heterocycles. The minimum absolute atomic E-state index is 0.0149. The Morgan fingerprint density at radius 3 is 2.54 bits per heavy atom. The summed E-state index contributed by atoms with van der Waals surface area (Å²) < 4.78 is 33.4. The van der Waals surface area contributed by atoms with Crippen molar-refractivity contribution in [2.24, 2.45) is 0 Å². The van der Waals surface area contributed by atoms with Crippen molar-refractivity contribution in [3.05, 3.63) is 53.6 Å². The number of hydrogen-bond acceptors (Lipinski definition) is 3. The first-order chi connectivity index (χ1) is 12.5. The van der Waals surface area contributed by atoms with Gasteiger partial charge in [-0.15, -0.1) is 0 Å². The predicted molar refractivity (Wildman–Crippen MR) is 97.6 cm³/mol. The van der Waals surface area contributed by atoms with Crippen molar-refractivity contribution in [2.45, 2.75) is 32.2 Å². The molecule has 0 unspecified atom stereocenters. The Hall–Kier alpha value is -2.63. The molecule has 26 heavy (non-hydrogen) atoms. The maximum atomic E-state index is 14.0. The molecule has 1 heterocycles. The summed E-state index contributed by atoms with van der Waals surface area (Å²) in [7, 11) is 1.55. The molecule has 1 fully saturated rings. The quantitative estimate of drug-likeness (QED) is 0.843. The molecule has 2 aromatic carbocycles. The highest BCUT2D eigenvalue weighted by Gasteiger charge is 2.23. The van der Waals surface area contributed by atoms with Gasteiger partial charge in [-0.2, -0.15) is 0 Å². The molecule has 1 amide bonds. The van der Waals surface area contributed by atoms with E-state index >= 15 is 0 Å². The Bertz CT molecular complexity index is 790. The number of carbonyl (C=O) groups excluding carboxylic acids is 1. The van der Waals surface area contributed by atoms with Gasteiger partial charge in [-0.05, 0) is 50.1 Å². The third kappa shape index (κ3) is 3.64. The van der Waals surface area contributed by atoms with Gasteiger partial charge in [0.15, 0.2) is 0 Å². The van der Waals surface area contributed by atoms with E-state index in [1.165, 1.54) is 18.2 Å². The fraction of sp³-hybridized carbons (Fsp3) is 0.350. The summed E-state index contributed by atoms with van der Waals surface area (Å²) in [6, 6.07) is 8.56. The number of ether oxygens (including phenoxy) is 1. The van der Waals surface area contributed by atoms with Gasteiger partial charge in [0, 0.05) is 24.2 Å². The highest BCUT2D eigenvalue weighted by atomic mass is 19.1. The fourth-order valence-electron chi connectivity index (χ4n) is 3.30. The van der Waals surface area contributed by atoms with Gasteiger partial charge >= 0.3 is 0 Å². The van der Waals surface area contributed by atoms with Crippen LogP contribution < -0.4 is 15.0 Å². The summed E-state index contributed by atoms with van der Waals surface area (Å²) >= 11 is 0. The number of nitrogens with zero attached hydrogens (tertiary/aromatic N) is 1. The zero-order valence-electron chi connectivity index (χ0n) is 14.9. The van der Waals surface area contributed by atoms with Crippen molar-refractivity contribution in [2.75, 3.05) is 23.9 Å². The number of hydrogen-bond donors (Lipinski definition) is 1. The molecule has 1 saturated heterocycles. The van der Waals surface area contributed by atoms with Crippen LogP contribution in [0, 0.1) is 11.6 Å². The molecule has 138 valence electrons. The average molecular weight is 360 g/mol. The second kappa shape index (κ2) is 7.72. The van der Waals surface area contributed by atoms with Gasteiger partial charge in [-0.1, -0.05) is 6.07 Å². The zero-order valence-corrected chi connectivity index (χ0v) is 14.9. The Morgan fingerprint density at radius 1 is 1.15 bits per heavy atom. The molecule has 1 aliphatic rings. The van der Waals surface area contributed by atoms with Crippen LogP contribution in [0.15, 0.2) is 36.4 Å². The zero-order chi connectivity index (χ0) is 18.7. The summed E-state index contributed by atoms with van der Waals surface area (Å²) in [4.78, 5) is 14.0. The van der Waals surface area contributed by atoms with Crippen LogP contribution in [0.2, 0.25) is 0 Å². The molecule has 0 bridgehead atoms. The van der Waals surface area contributed by atoms with E-state index in [0.29, 0.717) is 30.1 Å². The molecule has 0 radical (unpaired) electrons. The first-order valence-corrected chi connectivity index (χ1v) is 8.70. The third-order valence-electron chi connectivity index (χ3n) is 4.61. The van der Waals surface area contributed by atoms with Gasteiger partial charge in [0.25, 0.3) is 0 Å². The number of rotatable bonds is 5. The molecule has 0 saturated carbocycles. The van der Waals surface area contributed by atoms with Gasteiger partial charge in [0.05, 0.1) is 18.8 Å². The lowest BCUT2D eigenvalue weighted by Crippen LogP contribution is -2.35. The highest BCUT2D eigenvalue weighted by molar-refractivity contribution is 5.96. The number of benzene rings is 2. The van der Waals surface area contributed by atoms with Crippen molar-refractivity contribution in [1.82, 2.24) is 0 Å². The van der Waals surface area contributed by atoms with Crippen molar-refractivity contribution < 1.29 is 18.3 Å². The Kier molecular flexibility index (Phi) is 5.40. The van der Waals surface area contributed by atoms with E-state index in [1.807, 2.05) is 0 Å². The molecule has 0 aromatic heterocycles. The number of methoxy groups -OCH3 is 1. The second-order valence-corrected chi connectivity index (χ2v) is 6.39. The summed E-state index contributed by atoms with van der Waals surface area (Å²) in [5.41, 5.74) is 1.32. The largest absolute Gasteiger partial charge is 0.495 e. The lowest BCUT2D eigenvalue weighted by Gasteiger charge is -2.29. The summed E-state index contributed by atoms with van der Waals surface area (Å²) in [5.74, 6) is -0.537. The monoisotopic (exact) mass is 360 g/mol. The molecule has 4 nitrogen and oxygen atoms in total. The van der Waals surface area contributed by atoms with Crippen LogP contribution in [0.5, 0.6) is 5.75 Å². The van der Waals surface area contributed by atoms with Crippen molar-refractivity contribution in [3.8, 4) is 5.75 Å². The number of piperidine rings is 1. The van der Waals surface area contributed by atoms with Crippen LogP contribution in [0.3, 0.4) is 0 Å². The number of nitrogens with one attached hydrogen (secondary N) is 1. The normalized spacial score (nSPS) is 15.7. The van der Waals surface area contributed by atoms with Crippen LogP contribution in [-0.2, 0) is 4.79 Å². The summed E-state index contributed by atoms with van der Waals surface area (Å²) in [6.45, 7) is 2.33. The van der Waals surface area contributed by atoms with E-state index in [9.17, 15) is 13.6 Å². The SMILES string of the molecule is COc1ccc(N[C@@H](C)c2c(F)cccc2F)cc1N1CCCCC1=O. The minimum Gasteiger partial charge on any atom is -0.495 e. The maximum absolute atomic E-state index is 14.0. The lowest BCUT2D eigenvalue weighted by atomic mass is 10.1. The fourth-order valence-corrected chi connectivity index (χ4v) is 3.30. The topological polar surface area (TPSA) is 41.6 Å². The Balaban J connectivity index is 1.89. The molecule has 0 aliphatic carbocycles. The lowest BCUT2D eigenvalue weighted by molar-refractivity contribution is -0.119. The van der Waals surface area contributed by atoms with Gasteiger partial charge in [0.2, 0.25) is 5.91 Å². The van der Waals surface area contributed by atoms with Crippen LogP contribution >= 0.6 is 0 Å². The number of amides is 1. The highest BCUT2D eigenvalue weighted by Crippen LogP contribution is 2.35. The minimum atomic E-state index is -0.593. The first-order valence-electron chi connectivity index (χ1n) is 8.70. The van der Waals surface area contributed by atoms with Gasteiger partial charge in [-0.3, -0.25) is 4.79 Å². The van der Waals surface area contributed by atoms with Gasteiger partial charge in [-0.25, -0.2) is 8.78 Å².